The minimum Gasteiger partial charge on any atom is -0.463 e. The molecule has 2 aromatic rings. The fourth-order valence-corrected chi connectivity index (χ4v) is 9.65. The molecule has 3 atom stereocenters. The minimum atomic E-state index is -0.726. The van der Waals surface area contributed by atoms with Crippen LogP contribution < -0.4 is 14.5 Å². The number of benzene rings is 1. The van der Waals surface area contributed by atoms with E-state index in [0.717, 1.165) is 74.4 Å². The summed E-state index contributed by atoms with van der Waals surface area (Å²) in [6.07, 6.45) is 8.58. The summed E-state index contributed by atoms with van der Waals surface area (Å²) in [4.78, 5) is 32.8. The molecule has 0 aliphatic carbocycles. The molecule has 0 saturated carbocycles. The van der Waals surface area contributed by atoms with Crippen LogP contribution in [0.1, 0.15) is 61.8 Å². The zero-order chi connectivity index (χ0) is 31.7. The molecule has 46 heavy (non-hydrogen) atoms. The van der Waals surface area contributed by atoms with E-state index in [2.05, 4.69) is 45.5 Å². The van der Waals surface area contributed by atoms with E-state index in [0.29, 0.717) is 51.8 Å². The van der Waals surface area contributed by atoms with Gasteiger partial charge in [-0.3, -0.25) is 9.69 Å². The topological polar surface area (TPSA) is 88.8 Å². The van der Waals surface area contributed by atoms with Crippen LogP contribution in [0.2, 0.25) is 0 Å². The van der Waals surface area contributed by atoms with E-state index in [9.17, 15) is 14.4 Å². The molecule has 0 radical (unpaired) electrons. The van der Waals surface area contributed by atoms with Gasteiger partial charge >= 0.3 is 6.01 Å². The monoisotopic (exact) mass is 645 g/mol. The van der Waals surface area contributed by atoms with E-state index in [-0.39, 0.29) is 23.9 Å². The molecule has 6 heterocycles. The summed E-state index contributed by atoms with van der Waals surface area (Å²) in [5.74, 6) is 1.86. The highest BCUT2D eigenvalue weighted by molar-refractivity contribution is 7.99. The summed E-state index contributed by atoms with van der Waals surface area (Å²) in [5, 5.41) is 9.57. The van der Waals surface area contributed by atoms with E-state index in [1.807, 2.05) is 11.8 Å². The van der Waals surface area contributed by atoms with Crippen molar-refractivity contribution in [3.05, 3.63) is 47.7 Å². The number of amides is 1. The summed E-state index contributed by atoms with van der Waals surface area (Å²) in [6.45, 7) is 8.88. The number of thioether (sulfide) groups is 1. The molecule has 5 aliphatic rings. The number of alkyl halides is 1. The second-order valence-electron chi connectivity index (χ2n) is 13.4. The van der Waals surface area contributed by atoms with Crippen LogP contribution >= 0.6 is 11.8 Å². The maximum atomic E-state index is 14.3. The van der Waals surface area contributed by atoms with E-state index in [1.165, 1.54) is 28.6 Å². The number of fused-ring (bicyclic) bond motifs is 3. The Morgan fingerprint density at radius 3 is 2.96 bits per heavy atom. The van der Waals surface area contributed by atoms with Gasteiger partial charge in [0.1, 0.15) is 12.0 Å². The molecule has 3 fully saturated rings. The number of nitriles is 1. The maximum Gasteiger partial charge on any atom is 0.318 e. The van der Waals surface area contributed by atoms with Crippen LogP contribution in [0.3, 0.4) is 0 Å². The fourth-order valence-electron chi connectivity index (χ4n) is 8.45. The highest BCUT2D eigenvalue weighted by atomic mass is 32.2. The fraction of sp³-hybridized carbons (Fsp3) is 0.600. The molecule has 5 aliphatic heterocycles. The molecule has 1 aromatic heterocycles. The zero-order valence-electron chi connectivity index (χ0n) is 26.6. The molecular formula is C35H44FN7O2S. The number of ether oxygens (including phenoxy) is 1. The van der Waals surface area contributed by atoms with Gasteiger partial charge in [0.2, 0.25) is 5.91 Å². The van der Waals surface area contributed by atoms with Crippen molar-refractivity contribution in [3.8, 4) is 12.1 Å². The lowest BCUT2D eigenvalue weighted by molar-refractivity contribution is -0.128. The molecule has 7 rings (SSSR count). The third kappa shape index (κ3) is 6.06. The van der Waals surface area contributed by atoms with E-state index in [4.69, 9.17) is 14.7 Å². The second kappa shape index (κ2) is 13.4. The van der Waals surface area contributed by atoms with Gasteiger partial charge in [0.05, 0.1) is 43.1 Å². The number of aromatic nitrogens is 2. The molecular weight excluding hydrogens is 601 g/mol. The Kier molecular flexibility index (Phi) is 9.10. The van der Waals surface area contributed by atoms with Crippen molar-refractivity contribution < 1.29 is 13.9 Å². The van der Waals surface area contributed by atoms with Crippen molar-refractivity contribution in [3.63, 3.8) is 0 Å². The molecule has 0 bridgehead atoms. The van der Waals surface area contributed by atoms with Crippen LogP contribution in [0, 0.1) is 11.3 Å². The van der Waals surface area contributed by atoms with Crippen LogP contribution in [0.4, 0.5) is 15.9 Å². The third-order valence-corrected chi connectivity index (χ3v) is 11.9. The standard InChI is InChI=1S/C35H44FN7O2S/c1-2-31(44)43-18-17-41(23-27(43)10-14-37)33-28-11-16-40(30-9-3-7-25-8-4-20-46-32(25)30)24-29(28)38-34(39-33)45-19-6-13-35-12-5-15-42(35)22-26(36)21-35/h2-3,7,9,26-27H,1,4-6,8,10-13,15-24H2/t26-,27+,35?/m1/s1. The van der Waals surface area contributed by atoms with E-state index < -0.39 is 6.17 Å². The number of hydrogen-bond donors (Lipinski definition) is 0. The van der Waals surface area contributed by atoms with Crippen LogP contribution in [0.15, 0.2) is 35.7 Å². The number of carbonyl (C=O) groups excluding carboxylic acids is 1. The average Bonchev–Trinajstić information content (AvgIpc) is 3.61. The maximum absolute atomic E-state index is 14.3. The molecule has 1 aromatic carbocycles. The Hall–Kier alpha value is -3.36. The molecule has 3 saturated heterocycles. The quantitative estimate of drug-likeness (QED) is 0.278. The molecule has 11 heteroatoms. The first kappa shape index (κ1) is 31.3. The number of piperazine rings is 1. The Labute approximate surface area is 275 Å². The van der Waals surface area contributed by atoms with Gasteiger partial charge < -0.3 is 19.4 Å². The number of carbonyl (C=O) groups is 1. The van der Waals surface area contributed by atoms with Crippen molar-refractivity contribution in [1.29, 1.82) is 5.26 Å². The smallest absolute Gasteiger partial charge is 0.318 e. The van der Waals surface area contributed by atoms with Crippen molar-refractivity contribution in [1.82, 2.24) is 19.8 Å². The first-order valence-electron chi connectivity index (χ1n) is 16.9. The number of nitrogens with zero attached hydrogens (tertiary/aromatic N) is 7. The van der Waals surface area contributed by atoms with Crippen molar-refractivity contribution >= 4 is 29.2 Å². The first-order valence-corrected chi connectivity index (χ1v) is 17.9. The molecule has 9 nitrogen and oxygen atoms in total. The van der Waals surface area contributed by atoms with Crippen molar-refractivity contribution in [2.45, 2.75) is 87.0 Å². The number of halogens is 1. The van der Waals surface area contributed by atoms with Gasteiger partial charge in [-0.15, -0.1) is 11.8 Å². The summed E-state index contributed by atoms with van der Waals surface area (Å²) in [5.41, 5.74) is 4.80. The Morgan fingerprint density at radius 1 is 1.17 bits per heavy atom. The minimum absolute atomic E-state index is 0.0176. The molecule has 1 unspecified atom stereocenters. The largest absolute Gasteiger partial charge is 0.463 e. The van der Waals surface area contributed by atoms with Crippen LogP contribution in [-0.2, 0) is 24.2 Å². The lowest BCUT2D eigenvalue weighted by Gasteiger charge is -2.42. The van der Waals surface area contributed by atoms with Gasteiger partial charge in [0, 0.05) is 48.7 Å². The molecule has 244 valence electrons. The van der Waals surface area contributed by atoms with Gasteiger partial charge in [-0.1, -0.05) is 18.7 Å². The predicted octanol–water partition coefficient (Wildman–Crippen LogP) is 4.93. The molecule has 0 N–H and O–H groups in total. The highest BCUT2D eigenvalue weighted by Crippen LogP contribution is 2.43. The van der Waals surface area contributed by atoms with Crippen LogP contribution in [0.25, 0.3) is 0 Å². The third-order valence-electron chi connectivity index (χ3n) is 10.6. The normalized spacial score (nSPS) is 25.9. The lowest BCUT2D eigenvalue weighted by Crippen LogP contribution is -2.55. The number of anilines is 2. The van der Waals surface area contributed by atoms with Gasteiger partial charge in [-0.25, -0.2) is 4.39 Å². The highest BCUT2D eigenvalue weighted by Gasteiger charge is 2.48. The Balaban J connectivity index is 1.14. The second-order valence-corrected chi connectivity index (χ2v) is 14.5. The van der Waals surface area contributed by atoms with Gasteiger partial charge in [0.15, 0.2) is 0 Å². The lowest BCUT2D eigenvalue weighted by atomic mass is 9.88. The zero-order valence-corrected chi connectivity index (χ0v) is 27.4. The number of aryl methyl sites for hydroxylation is 1. The SMILES string of the molecule is C=CC(=O)N1CCN(c2nc(OCCCC34CCCN3C[C@H](F)C4)nc3c2CCN(c2cccc4c2SCCC4)C3)C[C@@H]1CC#N. The van der Waals surface area contributed by atoms with Crippen LogP contribution in [0.5, 0.6) is 6.01 Å². The van der Waals surface area contributed by atoms with E-state index in [1.54, 1.807) is 4.90 Å². The predicted molar refractivity (Wildman–Crippen MR) is 178 cm³/mol. The summed E-state index contributed by atoms with van der Waals surface area (Å²) in [7, 11) is 0. The molecule has 1 amide bonds. The summed E-state index contributed by atoms with van der Waals surface area (Å²) in [6, 6.07) is 9.07. The summed E-state index contributed by atoms with van der Waals surface area (Å²) >= 11 is 1.96. The van der Waals surface area contributed by atoms with Gasteiger partial charge in [-0.2, -0.15) is 15.2 Å². The van der Waals surface area contributed by atoms with Gasteiger partial charge in [0.25, 0.3) is 0 Å². The average molecular weight is 646 g/mol. The first-order chi connectivity index (χ1) is 22.5. The summed E-state index contributed by atoms with van der Waals surface area (Å²) < 4.78 is 20.6. The Bertz CT molecular complexity index is 1520. The van der Waals surface area contributed by atoms with Crippen molar-refractivity contribution in [2.75, 3.05) is 61.4 Å². The molecule has 0 spiro atoms. The van der Waals surface area contributed by atoms with Crippen molar-refractivity contribution in [2.24, 2.45) is 0 Å². The van der Waals surface area contributed by atoms with E-state index >= 15 is 0 Å². The van der Waals surface area contributed by atoms with Crippen LogP contribution in [-0.4, -0.2) is 95.1 Å². The number of hydrogen-bond acceptors (Lipinski definition) is 9. The Morgan fingerprint density at radius 2 is 2.09 bits per heavy atom. The van der Waals surface area contributed by atoms with Gasteiger partial charge in [-0.05, 0) is 81.4 Å². The number of rotatable bonds is 9.